The number of hydrogen-bond donors (Lipinski definition) is 2. The van der Waals surface area contributed by atoms with Crippen LogP contribution in [0.2, 0.25) is 10.0 Å². The third-order valence-electron chi connectivity index (χ3n) is 2.06. The highest BCUT2D eigenvalue weighted by Gasteiger charge is 2.08. The molecular weight excluding hydrogens is 293 g/mol. The number of aromatic nitrogens is 1. The van der Waals surface area contributed by atoms with Crippen molar-refractivity contribution in [3.63, 3.8) is 0 Å². The average molecular weight is 302 g/mol. The van der Waals surface area contributed by atoms with Gasteiger partial charge in [0.15, 0.2) is 5.13 Å². The second kappa shape index (κ2) is 5.56. The second-order valence-corrected chi connectivity index (χ2v) is 5.32. The van der Waals surface area contributed by atoms with Gasteiger partial charge in [0.2, 0.25) is 5.91 Å². The molecule has 0 fully saturated rings. The van der Waals surface area contributed by atoms with E-state index in [1.165, 1.54) is 11.3 Å². The highest BCUT2D eigenvalue weighted by atomic mass is 35.5. The molecule has 1 aromatic carbocycles. The van der Waals surface area contributed by atoms with Gasteiger partial charge >= 0.3 is 0 Å². The highest BCUT2D eigenvalue weighted by Crippen LogP contribution is 2.22. The normalized spacial score (nSPS) is 10.3. The van der Waals surface area contributed by atoms with E-state index in [2.05, 4.69) is 10.3 Å². The van der Waals surface area contributed by atoms with Gasteiger partial charge in [-0.25, -0.2) is 4.98 Å². The Hall–Kier alpha value is -1.30. The van der Waals surface area contributed by atoms with Gasteiger partial charge in [-0.15, -0.1) is 11.3 Å². The van der Waals surface area contributed by atoms with Crippen molar-refractivity contribution in [2.45, 2.75) is 6.42 Å². The van der Waals surface area contributed by atoms with Gasteiger partial charge in [-0.1, -0.05) is 23.2 Å². The van der Waals surface area contributed by atoms with E-state index >= 15 is 0 Å². The summed E-state index contributed by atoms with van der Waals surface area (Å²) in [6, 6.07) is 4.85. The number of carbonyl (C=O) groups is 1. The third kappa shape index (κ3) is 3.60. The van der Waals surface area contributed by atoms with Crippen LogP contribution in [0.5, 0.6) is 0 Å². The first-order chi connectivity index (χ1) is 8.52. The number of hydrogen-bond acceptors (Lipinski definition) is 4. The van der Waals surface area contributed by atoms with Crippen LogP contribution in [0, 0.1) is 0 Å². The number of halogens is 2. The number of anilines is 2. The molecule has 1 heterocycles. The van der Waals surface area contributed by atoms with E-state index in [1.807, 2.05) is 0 Å². The van der Waals surface area contributed by atoms with E-state index < -0.39 is 0 Å². The first kappa shape index (κ1) is 13.1. The maximum Gasteiger partial charge on any atom is 0.230 e. The van der Waals surface area contributed by atoms with Crippen molar-refractivity contribution < 1.29 is 4.79 Å². The Kier molecular flexibility index (Phi) is 4.06. The van der Waals surface area contributed by atoms with Crippen molar-refractivity contribution >= 4 is 51.3 Å². The SMILES string of the molecule is Nc1nc(CC(=O)Nc2cc(Cl)cc(Cl)c2)cs1. The molecule has 0 spiro atoms. The van der Waals surface area contributed by atoms with Crippen molar-refractivity contribution in [2.75, 3.05) is 11.1 Å². The van der Waals surface area contributed by atoms with Crippen LogP contribution in [0.25, 0.3) is 0 Å². The lowest BCUT2D eigenvalue weighted by Crippen LogP contribution is -2.14. The molecule has 0 saturated carbocycles. The standard InChI is InChI=1S/C11H9Cl2N3OS/c12-6-1-7(13)3-8(2-6)15-10(17)4-9-5-18-11(14)16-9/h1-3,5H,4H2,(H2,14,16)(H,15,17). The minimum absolute atomic E-state index is 0.165. The summed E-state index contributed by atoms with van der Waals surface area (Å²) in [6.45, 7) is 0. The van der Waals surface area contributed by atoms with Crippen LogP contribution in [0.3, 0.4) is 0 Å². The maximum atomic E-state index is 11.7. The molecule has 4 nitrogen and oxygen atoms in total. The zero-order valence-electron chi connectivity index (χ0n) is 9.11. The summed E-state index contributed by atoms with van der Waals surface area (Å²) in [5.41, 5.74) is 6.69. The molecule has 0 aliphatic carbocycles. The lowest BCUT2D eigenvalue weighted by atomic mass is 10.3. The van der Waals surface area contributed by atoms with E-state index in [0.717, 1.165) is 0 Å². The molecule has 0 saturated heterocycles. The number of nitrogens with zero attached hydrogens (tertiary/aromatic N) is 1. The van der Waals surface area contributed by atoms with Crippen LogP contribution < -0.4 is 11.1 Å². The molecule has 0 radical (unpaired) electrons. The molecule has 3 N–H and O–H groups in total. The predicted octanol–water partition coefficient (Wildman–Crippen LogP) is 3.21. The molecule has 1 aromatic heterocycles. The van der Waals surface area contributed by atoms with E-state index in [4.69, 9.17) is 28.9 Å². The zero-order valence-corrected chi connectivity index (χ0v) is 11.4. The molecule has 2 rings (SSSR count). The summed E-state index contributed by atoms with van der Waals surface area (Å²) < 4.78 is 0. The first-order valence-electron chi connectivity index (χ1n) is 4.99. The molecule has 7 heteroatoms. The minimum Gasteiger partial charge on any atom is -0.375 e. The number of nitrogens with two attached hydrogens (primary N) is 1. The van der Waals surface area contributed by atoms with E-state index in [-0.39, 0.29) is 12.3 Å². The Morgan fingerprint density at radius 1 is 1.33 bits per heavy atom. The van der Waals surface area contributed by atoms with Gasteiger partial charge < -0.3 is 11.1 Å². The molecule has 1 amide bonds. The van der Waals surface area contributed by atoms with Gasteiger partial charge in [0, 0.05) is 21.1 Å². The molecule has 0 aliphatic rings. The lowest BCUT2D eigenvalue weighted by Gasteiger charge is -2.05. The predicted molar refractivity (Wildman–Crippen MR) is 75.3 cm³/mol. The second-order valence-electron chi connectivity index (χ2n) is 3.56. The van der Waals surface area contributed by atoms with Crippen molar-refractivity contribution in [1.82, 2.24) is 4.98 Å². The quantitative estimate of drug-likeness (QED) is 0.914. The minimum atomic E-state index is -0.196. The monoisotopic (exact) mass is 301 g/mol. The Labute approximate surface area is 118 Å². The number of amides is 1. The van der Waals surface area contributed by atoms with Crippen LogP contribution in [0.15, 0.2) is 23.6 Å². The van der Waals surface area contributed by atoms with E-state index in [0.29, 0.717) is 26.6 Å². The van der Waals surface area contributed by atoms with Crippen molar-refractivity contribution in [3.8, 4) is 0 Å². The van der Waals surface area contributed by atoms with Gasteiger partial charge in [0.25, 0.3) is 0 Å². The Morgan fingerprint density at radius 3 is 2.56 bits per heavy atom. The fourth-order valence-corrected chi connectivity index (χ4v) is 2.49. The van der Waals surface area contributed by atoms with Crippen LogP contribution in [0.4, 0.5) is 10.8 Å². The molecular formula is C11H9Cl2N3OS. The van der Waals surface area contributed by atoms with Crippen molar-refractivity contribution in [2.24, 2.45) is 0 Å². The summed E-state index contributed by atoms with van der Waals surface area (Å²) in [5.74, 6) is -0.196. The lowest BCUT2D eigenvalue weighted by molar-refractivity contribution is -0.115. The van der Waals surface area contributed by atoms with Gasteiger partial charge in [-0.2, -0.15) is 0 Å². The fourth-order valence-electron chi connectivity index (χ4n) is 1.40. The number of carbonyl (C=O) groups excluding carboxylic acids is 1. The van der Waals surface area contributed by atoms with Gasteiger partial charge in [-0.3, -0.25) is 4.79 Å². The van der Waals surface area contributed by atoms with Crippen LogP contribution in [0.1, 0.15) is 5.69 Å². The average Bonchev–Trinajstić information content (AvgIpc) is 2.61. The number of benzene rings is 1. The molecule has 94 valence electrons. The van der Waals surface area contributed by atoms with Crippen LogP contribution >= 0.6 is 34.5 Å². The summed E-state index contributed by atoms with van der Waals surface area (Å²) in [5, 5.41) is 5.83. The maximum absolute atomic E-state index is 11.7. The number of rotatable bonds is 3. The highest BCUT2D eigenvalue weighted by molar-refractivity contribution is 7.13. The summed E-state index contributed by atoms with van der Waals surface area (Å²) in [4.78, 5) is 15.8. The molecule has 0 aliphatic heterocycles. The van der Waals surface area contributed by atoms with Gasteiger partial charge in [0.1, 0.15) is 0 Å². The first-order valence-corrected chi connectivity index (χ1v) is 6.62. The smallest absolute Gasteiger partial charge is 0.230 e. The molecule has 18 heavy (non-hydrogen) atoms. The molecule has 0 unspecified atom stereocenters. The zero-order chi connectivity index (χ0) is 13.1. The van der Waals surface area contributed by atoms with Gasteiger partial charge in [0.05, 0.1) is 12.1 Å². The fraction of sp³-hybridized carbons (Fsp3) is 0.0909. The van der Waals surface area contributed by atoms with Crippen LogP contribution in [-0.4, -0.2) is 10.9 Å². The number of thiazole rings is 1. The topological polar surface area (TPSA) is 68.0 Å². The molecule has 0 bridgehead atoms. The Balaban J connectivity index is 2.02. The largest absolute Gasteiger partial charge is 0.375 e. The van der Waals surface area contributed by atoms with E-state index in [9.17, 15) is 4.79 Å². The summed E-state index contributed by atoms with van der Waals surface area (Å²) in [6.07, 6.45) is 0.165. The Morgan fingerprint density at radius 2 is 2.00 bits per heavy atom. The van der Waals surface area contributed by atoms with Crippen molar-refractivity contribution in [3.05, 3.63) is 39.3 Å². The molecule has 0 atom stereocenters. The number of nitrogens with one attached hydrogen (secondary N) is 1. The summed E-state index contributed by atoms with van der Waals surface area (Å²) in [7, 11) is 0. The van der Waals surface area contributed by atoms with Gasteiger partial charge in [-0.05, 0) is 18.2 Å². The van der Waals surface area contributed by atoms with Crippen molar-refractivity contribution in [1.29, 1.82) is 0 Å². The third-order valence-corrected chi connectivity index (χ3v) is 3.22. The Bertz CT molecular complexity index is 565. The van der Waals surface area contributed by atoms with Crippen LogP contribution in [-0.2, 0) is 11.2 Å². The summed E-state index contributed by atoms with van der Waals surface area (Å²) >= 11 is 13.0. The number of nitrogen functional groups attached to an aromatic ring is 1. The molecule has 2 aromatic rings. The van der Waals surface area contributed by atoms with E-state index in [1.54, 1.807) is 23.6 Å².